The van der Waals surface area contributed by atoms with Crippen molar-refractivity contribution in [2.24, 2.45) is 0 Å². The van der Waals surface area contributed by atoms with Crippen LogP contribution in [-0.4, -0.2) is 29.2 Å². The number of methoxy groups -OCH3 is 2. The fourth-order valence-electron chi connectivity index (χ4n) is 3.99. The third kappa shape index (κ3) is 5.46. The van der Waals surface area contributed by atoms with E-state index in [-0.39, 0.29) is 5.56 Å². The van der Waals surface area contributed by atoms with Gasteiger partial charge in [0.25, 0.3) is 5.56 Å². The number of fused-ring (bicyclic) bond motifs is 1. The Hall–Kier alpha value is -3.84. The summed E-state index contributed by atoms with van der Waals surface area (Å²) < 4.78 is 10.8. The maximum atomic E-state index is 13.0. The molecule has 0 aliphatic heterocycles. The van der Waals surface area contributed by atoms with Crippen LogP contribution < -0.4 is 20.3 Å². The molecule has 0 aliphatic rings. The third-order valence-corrected chi connectivity index (χ3v) is 6.54. The van der Waals surface area contributed by atoms with E-state index in [2.05, 4.69) is 30.2 Å². The van der Waals surface area contributed by atoms with Gasteiger partial charge in [-0.15, -0.1) is 0 Å². The third-order valence-electron chi connectivity index (χ3n) is 6.18. The summed E-state index contributed by atoms with van der Waals surface area (Å²) in [6, 6.07) is 21.4. The van der Waals surface area contributed by atoms with E-state index < -0.39 is 0 Å². The van der Waals surface area contributed by atoms with Gasteiger partial charge < -0.3 is 24.7 Å². The number of nitrogens with one attached hydrogen (secondary N) is 2. The summed E-state index contributed by atoms with van der Waals surface area (Å²) in [7, 11) is 3.26. The lowest BCUT2D eigenvalue weighted by atomic mass is 10.1. The van der Waals surface area contributed by atoms with E-state index in [9.17, 15) is 4.79 Å². The average Bonchev–Trinajstić information content (AvgIpc) is 2.86. The number of H-pyrrole nitrogens is 1. The lowest BCUT2D eigenvalue weighted by Crippen LogP contribution is -2.35. The van der Waals surface area contributed by atoms with Gasteiger partial charge in [-0.1, -0.05) is 30.3 Å². The number of rotatable bonds is 7. The molecule has 3 aromatic carbocycles. The molecule has 0 radical (unpaired) electrons. The summed E-state index contributed by atoms with van der Waals surface area (Å²) in [5.74, 6) is 1.46. The van der Waals surface area contributed by atoms with Crippen LogP contribution in [0.15, 0.2) is 71.5 Å². The van der Waals surface area contributed by atoms with Gasteiger partial charge in [-0.3, -0.25) is 4.79 Å². The van der Waals surface area contributed by atoms with Crippen LogP contribution in [-0.2, 0) is 13.1 Å². The Labute approximate surface area is 210 Å². The van der Waals surface area contributed by atoms with E-state index in [1.807, 2.05) is 65.6 Å². The lowest BCUT2D eigenvalue weighted by molar-refractivity contribution is 0.377. The molecule has 0 amide bonds. The zero-order valence-corrected chi connectivity index (χ0v) is 21.2. The molecule has 0 spiro atoms. The second-order valence-corrected chi connectivity index (χ2v) is 8.81. The predicted octanol–water partition coefficient (Wildman–Crippen LogP) is 5.56. The van der Waals surface area contributed by atoms with Crippen molar-refractivity contribution in [3.8, 4) is 11.5 Å². The van der Waals surface area contributed by atoms with Crippen molar-refractivity contribution >= 4 is 33.9 Å². The molecule has 0 saturated carbocycles. The van der Waals surface area contributed by atoms with Crippen LogP contribution in [0.5, 0.6) is 11.5 Å². The van der Waals surface area contributed by atoms with Gasteiger partial charge >= 0.3 is 0 Å². The molecule has 0 atom stereocenters. The number of aromatic nitrogens is 1. The second-order valence-electron chi connectivity index (χ2n) is 8.42. The minimum atomic E-state index is -0.162. The molecular formula is C28H29N3O3S. The van der Waals surface area contributed by atoms with Crippen LogP contribution in [0, 0.1) is 13.8 Å². The van der Waals surface area contributed by atoms with Crippen molar-refractivity contribution in [2.75, 3.05) is 19.5 Å². The molecule has 0 aliphatic carbocycles. The lowest BCUT2D eigenvalue weighted by Gasteiger charge is -2.27. The van der Waals surface area contributed by atoms with Gasteiger partial charge in [0.15, 0.2) is 5.11 Å². The van der Waals surface area contributed by atoms with Crippen molar-refractivity contribution < 1.29 is 9.47 Å². The highest BCUT2D eigenvalue weighted by Gasteiger charge is 2.17. The zero-order valence-electron chi connectivity index (χ0n) is 20.3. The van der Waals surface area contributed by atoms with E-state index in [4.69, 9.17) is 21.7 Å². The van der Waals surface area contributed by atoms with Crippen LogP contribution in [0.3, 0.4) is 0 Å². The molecule has 4 aromatic rings. The Morgan fingerprint density at radius 1 is 0.943 bits per heavy atom. The topological polar surface area (TPSA) is 66.6 Å². The highest BCUT2D eigenvalue weighted by molar-refractivity contribution is 7.80. The van der Waals surface area contributed by atoms with Crippen molar-refractivity contribution in [3.63, 3.8) is 0 Å². The minimum absolute atomic E-state index is 0.162. The smallest absolute Gasteiger partial charge is 0.253 e. The summed E-state index contributed by atoms with van der Waals surface area (Å²) in [6.07, 6.45) is 0. The van der Waals surface area contributed by atoms with Crippen molar-refractivity contribution in [1.82, 2.24) is 9.88 Å². The number of aryl methyl sites for hydroxylation is 1. The van der Waals surface area contributed by atoms with Crippen molar-refractivity contribution in [2.45, 2.75) is 26.9 Å². The normalized spacial score (nSPS) is 10.7. The Bertz CT molecular complexity index is 1430. The molecule has 0 unspecified atom stereocenters. The standard InChI is InChI=1S/C28H29N3O3S/c1-18-8-7-10-24(19(18)2)30-28(35)31(16-21-9-5-6-11-26(21)34-4)17-22-14-20-12-13-23(33-3)15-25(20)29-27(22)32/h5-15H,16-17H2,1-4H3,(H,29,32)(H,30,35). The Kier molecular flexibility index (Phi) is 7.36. The van der Waals surface area contributed by atoms with Gasteiger partial charge in [0.1, 0.15) is 11.5 Å². The van der Waals surface area contributed by atoms with Crippen molar-refractivity contribution in [3.05, 3.63) is 99.3 Å². The maximum absolute atomic E-state index is 13.0. The first kappa shape index (κ1) is 24.3. The molecule has 0 saturated heterocycles. The van der Waals surface area contributed by atoms with E-state index >= 15 is 0 Å². The molecule has 0 bridgehead atoms. The molecule has 2 N–H and O–H groups in total. The number of anilines is 1. The quantitative estimate of drug-likeness (QED) is 0.333. The second kappa shape index (κ2) is 10.6. The largest absolute Gasteiger partial charge is 0.497 e. The van der Waals surface area contributed by atoms with Gasteiger partial charge in [-0.05, 0) is 72.9 Å². The molecule has 1 aromatic heterocycles. The van der Waals surface area contributed by atoms with E-state index in [1.165, 1.54) is 5.56 Å². The molecule has 7 heteroatoms. The minimum Gasteiger partial charge on any atom is -0.497 e. The van der Waals surface area contributed by atoms with E-state index in [1.54, 1.807) is 14.2 Å². The van der Waals surface area contributed by atoms with Crippen LogP contribution >= 0.6 is 12.2 Å². The predicted molar refractivity (Wildman–Crippen MR) is 145 cm³/mol. The number of thiocarbonyl (C=S) groups is 1. The van der Waals surface area contributed by atoms with Gasteiger partial charge in [0, 0.05) is 29.4 Å². The van der Waals surface area contributed by atoms with Gasteiger partial charge in [0.05, 0.1) is 26.3 Å². The van der Waals surface area contributed by atoms with Crippen LogP contribution in [0.4, 0.5) is 5.69 Å². The monoisotopic (exact) mass is 487 g/mol. The summed E-state index contributed by atoms with van der Waals surface area (Å²) >= 11 is 5.86. The number of aromatic amines is 1. The first-order valence-electron chi connectivity index (χ1n) is 11.3. The van der Waals surface area contributed by atoms with Crippen LogP contribution in [0.25, 0.3) is 10.9 Å². The molecule has 4 rings (SSSR count). The summed E-state index contributed by atoms with van der Waals surface area (Å²) in [4.78, 5) is 18.0. The highest BCUT2D eigenvalue weighted by atomic mass is 32.1. The molecule has 35 heavy (non-hydrogen) atoms. The molecule has 180 valence electrons. The first-order chi connectivity index (χ1) is 16.9. The number of ether oxygens (including phenoxy) is 2. The molecule has 1 heterocycles. The fraction of sp³-hybridized carbons (Fsp3) is 0.214. The van der Waals surface area contributed by atoms with Crippen LogP contribution in [0.1, 0.15) is 22.3 Å². The first-order valence-corrected chi connectivity index (χ1v) is 11.7. The van der Waals surface area contributed by atoms with Gasteiger partial charge in [-0.2, -0.15) is 0 Å². The Morgan fingerprint density at radius 3 is 2.49 bits per heavy atom. The average molecular weight is 488 g/mol. The number of hydrogen-bond acceptors (Lipinski definition) is 4. The summed E-state index contributed by atoms with van der Waals surface area (Å²) in [5.41, 5.74) is 5.40. The Balaban J connectivity index is 1.69. The summed E-state index contributed by atoms with van der Waals surface area (Å²) in [5, 5.41) is 4.84. The molecule has 0 fully saturated rings. The molecule has 6 nitrogen and oxygen atoms in total. The van der Waals surface area contributed by atoms with Gasteiger partial charge in [-0.25, -0.2) is 0 Å². The highest BCUT2D eigenvalue weighted by Crippen LogP contribution is 2.24. The van der Waals surface area contributed by atoms with Crippen molar-refractivity contribution in [1.29, 1.82) is 0 Å². The number of para-hydroxylation sites is 1. The number of nitrogens with zero attached hydrogens (tertiary/aromatic N) is 1. The molecular weight excluding hydrogens is 458 g/mol. The SMILES string of the molecule is COc1ccc2cc(CN(Cc3ccccc3OC)C(=S)Nc3cccc(C)c3C)c(=O)[nH]c2c1. The fourth-order valence-corrected chi connectivity index (χ4v) is 4.23. The zero-order chi connectivity index (χ0) is 24.9. The Morgan fingerprint density at radius 2 is 1.71 bits per heavy atom. The van der Waals surface area contributed by atoms with E-state index in [0.717, 1.165) is 33.5 Å². The maximum Gasteiger partial charge on any atom is 0.253 e. The number of hydrogen-bond donors (Lipinski definition) is 2. The van der Waals surface area contributed by atoms with Gasteiger partial charge in [0.2, 0.25) is 0 Å². The van der Waals surface area contributed by atoms with E-state index in [0.29, 0.717) is 29.5 Å². The number of benzene rings is 3. The number of pyridine rings is 1. The summed E-state index contributed by atoms with van der Waals surface area (Å²) in [6.45, 7) is 4.93. The van der Waals surface area contributed by atoms with Crippen LogP contribution in [0.2, 0.25) is 0 Å².